The van der Waals surface area contributed by atoms with E-state index in [0.29, 0.717) is 0 Å². The van der Waals surface area contributed by atoms with Crippen molar-refractivity contribution in [3.8, 4) is 44.8 Å². The molecule has 0 unspecified atom stereocenters. The summed E-state index contributed by atoms with van der Waals surface area (Å²) in [4.78, 5) is 0. The second kappa shape index (κ2) is 16.8. The number of benzene rings is 11. The van der Waals surface area contributed by atoms with Gasteiger partial charge in [0, 0.05) is 27.2 Å². The molecule has 324 valence electrons. The highest BCUT2D eigenvalue weighted by molar-refractivity contribution is 7.19. The van der Waals surface area contributed by atoms with E-state index < -0.39 is 8.07 Å². The topological polar surface area (TPSA) is 9.86 Å². The first-order chi connectivity index (χ1) is 34.3. The van der Waals surface area contributed by atoms with Crippen LogP contribution in [0.15, 0.2) is 279 Å². The van der Waals surface area contributed by atoms with Crippen LogP contribution in [0.25, 0.3) is 88.4 Å². The Hall–Kier alpha value is -8.76. The van der Waals surface area contributed by atoms with Crippen LogP contribution in [0, 0.1) is 0 Å². The maximum atomic E-state index is 2.51. The Labute approximate surface area is 403 Å². The minimum Gasteiger partial charge on any atom is -0.309 e. The molecule has 0 aliphatic rings. The predicted molar refractivity (Wildman–Crippen MR) is 295 cm³/mol. The Morgan fingerprint density at radius 3 is 1.35 bits per heavy atom. The van der Waals surface area contributed by atoms with E-state index in [4.69, 9.17) is 0 Å². The molecule has 0 atom stereocenters. The third kappa shape index (κ3) is 6.62. The van der Waals surface area contributed by atoms with E-state index in [0.717, 1.165) is 11.4 Å². The molecule has 2 aromatic heterocycles. The van der Waals surface area contributed by atoms with E-state index >= 15 is 0 Å². The summed E-state index contributed by atoms with van der Waals surface area (Å²) in [7, 11) is -2.89. The number of aromatic nitrogens is 2. The van der Waals surface area contributed by atoms with Gasteiger partial charge in [-0.15, -0.1) is 0 Å². The predicted octanol–water partition coefficient (Wildman–Crippen LogP) is 14.3. The van der Waals surface area contributed by atoms with E-state index in [-0.39, 0.29) is 0 Å². The van der Waals surface area contributed by atoms with Crippen LogP contribution in [0.5, 0.6) is 0 Å². The maximum Gasteiger partial charge on any atom is 0.179 e. The molecule has 0 radical (unpaired) electrons. The molecule has 0 N–H and O–H groups in total. The standard InChI is InChI=1S/C66H46N2Si/c1-5-21-47(22-6-1)49-41-43-55(44-42-49)69(53-28-9-3-10-29-53,54-30-11-4-12-31-54)56-32-18-27-52(46-56)67-60-36-15-14-34-59(60)66-63(67)39-20-40-64(66)68-61-37-16-13-33-58(61)65-57(35-19-38-62(65)68)51-26-17-25-50(45-51)48-23-7-2-8-24-48/h1-46H. The number of hydrogen-bond acceptors (Lipinski definition) is 0. The molecular formula is C66H46N2Si. The van der Waals surface area contributed by atoms with Gasteiger partial charge in [0.1, 0.15) is 0 Å². The monoisotopic (exact) mass is 894 g/mol. The molecule has 0 aliphatic heterocycles. The van der Waals surface area contributed by atoms with Gasteiger partial charge in [0.15, 0.2) is 8.07 Å². The van der Waals surface area contributed by atoms with Crippen molar-refractivity contribution in [1.82, 2.24) is 9.13 Å². The second-order valence-corrected chi connectivity index (χ2v) is 21.8. The van der Waals surface area contributed by atoms with Gasteiger partial charge in [0.2, 0.25) is 0 Å². The number of fused-ring (bicyclic) bond motifs is 6. The Balaban J connectivity index is 1.03. The van der Waals surface area contributed by atoms with Gasteiger partial charge in [0.25, 0.3) is 0 Å². The van der Waals surface area contributed by atoms with Crippen molar-refractivity contribution in [2.45, 2.75) is 0 Å². The molecule has 0 saturated heterocycles. The van der Waals surface area contributed by atoms with Crippen molar-refractivity contribution in [2.75, 3.05) is 0 Å². The van der Waals surface area contributed by atoms with E-state index in [9.17, 15) is 0 Å². The van der Waals surface area contributed by atoms with Crippen molar-refractivity contribution in [3.05, 3.63) is 279 Å². The first-order valence-corrected chi connectivity index (χ1v) is 25.8. The molecule has 0 amide bonds. The van der Waals surface area contributed by atoms with Gasteiger partial charge in [-0.3, -0.25) is 0 Å². The van der Waals surface area contributed by atoms with Gasteiger partial charge in [0.05, 0.1) is 27.8 Å². The van der Waals surface area contributed by atoms with Gasteiger partial charge in [-0.25, -0.2) is 0 Å². The van der Waals surface area contributed by atoms with Crippen LogP contribution in [0.3, 0.4) is 0 Å². The molecule has 2 nitrogen and oxygen atoms in total. The number of nitrogens with zero attached hydrogens (tertiary/aromatic N) is 2. The van der Waals surface area contributed by atoms with E-state index in [2.05, 4.69) is 288 Å². The maximum absolute atomic E-state index is 2.89. The van der Waals surface area contributed by atoms with Crippen LogP contribution in [0.2, 0.25) is 0 Å². The number of hydrogen-bond donors (Lipinski definition) is 0. The van der Waals surface area contributed by atoms with Crippen LogP contribution in [0.1, 0.15) is 0 Å². The molecule has 0 saturated carbocycles. The fraction of sp³-hybridized carbons (Fsp3) is 0. The Kier molecular flexibility index (Phi) is 9.88. The first-order valence-electron chi connectivity index (χ1n) is 23.8. The van der Waals surface area contributed by atoms with Gasteiger partial charge in [-0.05, 0) is 103 Å². The SMILES string of the molecule is c1ccc(-c2ccc([Si](c3ccccc3)(c3ccccc3)c3cccc(-n4c5ccccc5c5c(-n6c7ccccc7c7c(-c8cccc(-c9ccccc9)c8)cccc76)cccc54)c3)cc2)cc1. The molecule has 2 heterocycles. The summed E-state index contributed by atoms with van der Waals surface area (Å²) >= 11 is 0. The minimum absolute atomic E-state index is 1.14. The molecule has 0 fully saturated rings. The smallest absolute Gasteiger partial charge is 0.179 e. The first kappa shape index (κ1) is 40.5. The summed E-state index contributed by atoms with van der Waals surface area (Å²) in [5.41, 5.74) is 14.3. The zero-order chi connectivity index (χ0) is 45.7. The average molecular weight is 895 g/mol. The van der Waals surface area contributed by atoms with Crippen molar-refractivity contribution in [1.29, 1.82) is 0 Å². The average Bonchev–Trinajstić information content (AvgIpc) is 3.96. The van der Waals surface area contributed by atoms with Gasteiger partial charge in [-0.1, -0.05) is 231 Å². The number of para-hydroxylation sites is 2. The highest BCUT2D eigenvalue weighted by atomic mass is 28.3. The minimum atomic E-state index is -2.89. The number of rotatable bonds is 9. The highest BCUT2D eigenvalue weighted by Crippen LogP contribution is 2.43. The van der Waals surface area contributed by atoms with Crippen LogP contribution in [-0.2, 0) is 0 Å². The van der Waals surface area contributed by atoms with Crippen LogP contribution in [0.4, 0.5) is 0 Å². The van der Waals surface area contributed by atoms with Crippen LogP contribution < -0.4 is 20.7 Å². The lowest BCUT2D eigenvalue weighted by Gasteiger charge is -2.35. The normalized spacial score (nSPS) is 11.8. The third-order valence-electron chi connectivity index (χ3n) is 14.3. The lowest BCUT2D eigenvalue weighted by atomic mass is 9.96. The van der Waals surface area contributed by atoms with Gasteiger partial charge >= 0.3 is 0 Å². The summed E-state index contributed by atoms with van der Waals surface area (Å²) in [6, 6.07) is 103. The largest absolute Gasteiger partial charge is 0.309 e. The molecule has 3 heteroatoms. The van der Waals surface area contributed by atoms with Crippen molar-refractivity contribution in [3.63, 3.8) is 0 Å². The van der Waals surface area contributed by atoms with E-state index in [1.165, 1.54) is 97.7 Å². The van der Waals surface area contributed by atoms with Gasteiger partial charge in [-0.2, -0.15) is 0 Å². The van der Waals surface area contributed by atoms with Crippen molar-refractivity contribution in [2.24, 2.45) is 0 Å². The van der Waals surface area contributed by atoms with Gasteiger partial charge < -0.3 is 9.13 Å². The van der Waals surface area contributed by atoms with Crippen LogP contribution >= 0.6 is 0 Å². The van der Waals surface area contributed by atoms with Crippen molar-refractivity contribution >= 4 is 72.4 Å². The molecule has 0 spiro atoms. The molecule has 0 bridgehead atoms. The Morgan fingerprint density at radius 1 is 0.246 bits per heavy atom. The molecule has 69 heavy (non-hydrogen) atoms. The zero-order valence-electron chi connectivity index (χ0n) is 38.0. The summed E-state index contributed by atoms with van der Waals surface area (Å²) in [5, 5.41) is 10.3. The third-order valence-corrected chi connectivity index (χ3v) is 19.0. The quantitative estimate of drug-likeness (QED) is 0.101. The fourth-order valence-corrected chi connectivity index (χ4v) is 16.0. The Morgan fingerprint density at radius 2 is 0.681 bits per heavy atom. The fourth-order valence-electron chi connectivity index (χ4n) is 11.3. The molecule has 11 aromatic carbocycles. The lowest BCUT2D eigenvalue weighted by molar-refractivity contribution is 1.17. The van der Waals surface area contributed by atoms with Crippen molar-refractivity contribution < 1.29 is 0 Å². The zero-order valence-corrected chi connectivity index (χ0v) is 39.0. The summed E-state index contributed by atoms with van der Waals surface area (Å²) < 4.78 is 5.01. The second-order valence-electron chi connectivity index (χ2n) is 18.0. The summed E-state index contributed by atoms with van der Waals surface area (Å²) in [6.45, 7) is 0. The molecular weight excluding hydrogens is 849 g/mol. The summed E-state index contributed by atoms with van der Waals surface area (Å²) in [5.74, 6) is 0. The van der Waals surface area contributed by atoms with E-state index in [1.807, 2.05) is 0 Å². The highest BCUT2D eigenvalue weighted by Gasteiger charge is 2.41. The van der Waals surface area contributed by atoms with Crippen LogP contribution in [-0.4, -0.2) is 17.2 Å². The van der Waals surface area contributed by atoms with E-state index in [1.54, 1.807) is 0 Å². The molecule has 13 rings (SSSR count). The summed E-state index contributed by atoms with van der Waals surface area (Å²) in [6.07, 6.45) is 0. The molecule has 0 aliphatic carbocycles. The Bertz CT molecular complexity index is 3940. The molecule has 13 aromatic rings. The lowest BCUT2D eigenvalue weighted by Crippen LogP contribution is -2.74.